The molecule has 3 rings (SSSR count). The maximum atomic E-state index is 13.0. The van der Waals surface area contributed by atoms with Crippen molar-refractivity contribution in [1.29, 1.82) is 0 Å². The largest absolute Gasteiger partial charge is 0.364 e. The Kier molecular flexibility index (Phi) is 4.91. The van der Waals surface area contributed by atoms with Gasteiger partial charge in [-0.25, -0.2) is 8.42 Å². The topological polar surface area (TPSA) is 111 Å². The molecular formula is C16H27N4O4S+. The van der Waals surface area contributed by atoms with Crippen LogP contribution in [0.3, 0.4) is 0 Å². The van der Waals surface area contributed by atoms with Crippen molar-refractivity contribution in [2.75, 3.05) is 26.2 Å². The molecule has 1 aromatic rings. The molecule has 25 heavy (non-hydrogen) atoms. The Morgan fingerprint density at radius 3 is 2.28 bits per heavy atom. The highest BCUT2D eigenvalue weighted by molar-refractivity contribution is 7.89. The molecule has 0 bridgehead atoms. The van der Waals surface area contributed by atoms with Crippen molar-refractivity contribution in [3.8, 4) is 0 Å². The third-order valence-electron chi connectivity index (χ3n) is 5.75. The van der Waals surface area contributed by atoms with E-state index < -0.39 is 15.6 Å². The lowest BCUT2D eigenvalue weighted by atomic mass is 9.84. The number of quaternary nitrogens is 1. The SMILES string of the molecule is Cc1noc(C)c1S(=O)(=O)N1CCC(C(N)=O)([NH+]2CCCCC2)CC1. The maximum absolute atomic E-state index is 13.0. The van der Waals surface area contributed by atoms with Gasteiger partial charge in [-0.3, -0.25) is 4.79 Å². The minimum atomic E-state index is -3.67. The van der Waals surface area contributed by atoms with E-state index in [4.69, 9.17) is 10.3 Å². The summed E-state index contributed by atoms with van der Waals surface area (Å²) in [6.07, 6.45) is 4.28. The van der Waals surface area contributed by atoms with E-state index in [-0.39, 0.29) is 10.8 Å². The monoisotopic (exact) mass is 371 g/mol. The Labute approximate surface area is 148 Å². The Morgan fingerprint density at radius 2 is 1.80 bits per heavy atom. The van der Waals surface area contributed by atoms with E-state index in [1.54, 1.807) is 13.8 Å². The lowest BCUT2D eigenvalue weighted by Crippen LogP contribution is -3.22. The van der Waals surface area contributed by atoms with Crippen LogP contribution < -0.4 is 10.6 Å². The molecule has 1 aromatic heterocycles. The van der Waals surface area contributed by atoms with E-state index in [0.717, 1.165) is 25.9 Å². The molecule has 2 fully saturated rings. The van der Waals surface area contributed by atoms with E-state index in [1.807, 2.05) is 0 Å². The summed E-state index contributed by atoms with van der Waals surface area (Å²) >= 11 is 0. The van der Waals surface area contributed by atoms with Gasteiger partial charge in [0, 0.05) is 25.9 Å². The van der Waals surface area contributed by atoms with E-state index in [0.29, 0.717) is 37.4 Å². The molecule has 0 aliphatic carbocycles. The van der Waals surface area contributed by atoms with Crippen molar-refractivity contribution in [1.82, 2.24) is 9.46 Å². The van der Waals surface area contributed by atoms with Gasteiger partial charge in [-0.05, 0) is 33.1 Å². The molecular weight excluding hydrogens is 344 g/mol. The molecule has 0 saturated carbocycles. The molecule has 1 amide bonds. The molecule has 0 unspecified atom stereocenters. The van der Waals surface area contributed by atoms with Crippen LogP contribution in [-0.2, 0) is 14.8 Å². The minimum absolute atomic E-state index is 0.143. The van der Waals surface area contributed by atoms with Crippen LogP contribution in [0, 0.1) is 13.8 Å². The van der Waals surface area contributed by atoms with Crippen molar-refractivity contribution in [2.45, 2.75) is 56.4 Å². The van der Waals surface area contributed by atoms with E-state index in [1.165, 1.54) is 15.6 Å². The summed E-state index contributed by atoms with van der Waals surface area (Å²) in [5.41, 5.74) is 5.50. The smallest absolute Gasteiger partial charge is 0.278 e. The van der Waals surface area contributed by atoms with Gasteiger partial charge in [-0.2, -0.15) is 4.31 Å². The van der Waals surface area contributed by atoms with Gasteiger partial charge in [0.15, 0.2) is 11.3 Å². The number of rotatable bonds is 4. The van der Waals surface area contributed by atoms with Gasteiger partial charge in [0.05, 0.1) is 13.1 Å². The number of piperidine rings is 2. The van der Waals surface area contributed by atoms with Crippen molar-refractivity contribution >= 4 is 15.9 Å². The lowest BCUT2D eigenvalue weighted by molar-refractivity contribution is -0.948. The summed E-state index contributed by atoms with van der Waals surface area (Å²) in [6.45, 7) is 5.66. The Bertz CT molecular complexity index is 725. The Balaban J connectivity index is 1.81. The summed E-state index contributed by atoms with van der Waals surface area (Å²) < 4.78 is 32.3. The maximum Gasteiger partial charge on any atom is 0.278 e. The molecule has 0 radical (unpaired) electrons. The third-order valence-corrected chi connectivity index (χ3v) is 7.89. The molecule has 2 aliphatic rings. The van der Waals surface area contributed by atoms with Gasteiger partial charge < -0.3 is 15.2 Å². The molecule has 2 saturated heterocycles. The number of nitrogens with one attached hydrogen (secondary N) is 1. The van der Waals surface area contributed by atoms with E-state index in [9.17, 15) is 13.2 Å². The standard InChI is InChI=1S/C16H26N4O4S/c1-12-14(13(2)24-18-12)25(22,23)20-10-6-16(7-11-20,15(17)21)19-8-4-3-5-9-19/h3-11H2,1-2H3,(H2,17,21)/p+1. The number of hydrogen-bond donors (Lipinski definition) is 2. The first-order valence-electron chi connectivity index (χ1n) is 8.87. The Hall–Kier alpha value is -1.45. The number of aryl methyl sites for hydroxylation is 2. The highest BCUT2D eigenvalue weighted by Crippen LogP contribution is 2.28. The highest BCUT2D eigenvalue weighted by Gasteiger charge is 2.51. The van der Waals surface area contributed by atoms with Crippen LogP contribution in [0.2, 0.25) is 0 Å². The van der Waals surface area contributed by atoms with Gasteiger partial charge in [-0.15, -0.1) is 0 Å². The normalized spacial score (nSPS) is 22.8. The van der Waals surface area contributed by atoms with Crippen LogP contribution in [0.4, 0.5) is 0 Å². The fourth-order valence-corrected chi connectivity index (χ4v) is 6.04. The summed E-state index contributed by atoms with van der Waals surface area (Å²) in [4.78, 5) is 13.6. The number of carbonyl (C=O) groups excluding carboxylic acids is 1. The summed E-state index contributed by atoms with van der Waals surface area (Å²) in [6, 6.07) is 0. The van der Waals surface area contributed by atoms with Crippen molar-refractivity contribution in [3.63, 3.8) is 0 Å². The molecule has 8 nitrogen and oxygen atoms in total. The zero-order valence-corrected chi connectivity index (χ0v) is 15.7. The quantitative estimate of drug-likeness (QED) is 0.732. The summed E-state index contributed by atoms with van der Waals surface area (Å²) in [7, 11) is -3.67. The number of nitrogens with zero attached hydrogens (tertiary/aromatic N) is 2. The molecule has 2 aliphatic heterocycles. The fraction of sp³-hybridized carbons (Fsp3) is 0.750. The Morgan fingerprint density at radius 1 is 1.20 bits per heavy atom. The van der Waals surface area contributed by atoms with Gasteiger partial charge in [0.1, 0.15) is 10.6 Å². The molecule has 9 heteroatoms. The second-order valence-corrected chi connectivity index (χ2v) is 9.04. The molecule has 0 aromatic carbocycles. The zero-order chi connectivity index (χ0) is 18.2. The average molecular weight is 371 g/mol. The molecule has 3 N–H and O–H groups in total. The molecule has 3 heterocycles. The third kappa shape index (κ3) is 3.09. The highest BCUT2D eigenvalue weighted by atomic mass is 32.2. The van der Waals surface area contributed by atoms with Crippen molar-refractivity contribution in [3.05, 3.63) is 11.5 Å². The molecule has 140 valence electrons. The van der Waals surface area contributed by atoms with E-state index >= 15 is 0 Å². The van der Waals surface area contributed by atoms with Crippen LogP contribution in [0.1, 0.15) is 43.6 Å². The van der Waals surface area contributed by atoms with Crippen LogP contribution in [0.15, 0.2) is 9.42 Å². The van der Waals surface area contributed by atoms with E-state index in [2.05, 4.69) is 5.16 Å². The van der Waals surface area contributed by atoms with Gasteiger partial charge in [-0.1, -0.05) is 5.16 Å². The van der Waals surface area contributed by atoms with Gasteiger partial charge in [0.2, 0.25) is 10.0 Å². The predicted molar refractivity (Wildman–Crippen MR) is 90.4 cm³/mol. The lowest BCUT2D eigenvalue weighted by Gasteiger charge is -2.44. The van der Waals surface area contributed by atoms with Crippen LogP contribution in [-0.4, -0.2) is 55.5 Å². The zero-order valence-electron chi connectivity index (χ0n) is 14.9. The fourth-order valence-electron chi connectivity index (χ4n) is 4.31. The van der Waals surface area contributed by atoms with Crippen molar-refractivity contribution in [2.24, 2.45) is 5.73 Å². The molecule has 0 atom stereocenters. The second-order valence-electron chi connectivity index (χ2n) is 7.17. The average Bonchev–Trinajstić information content (AvgIpc) is 2.94. The number of likely N-dealkylation sites (tertiary alicyclic amines) is 1. The molecule has 0 spiro atoms. The number of hydrogen-bond acceptors (Lipinski definition) is 5. The minimum Gasteiger partial charge on any atom is -0.364 e. The first-order chi connectivity index (χ1) is 11.8. The number of sulfonamides is 1. The van der Waals surface area contributed by atoms with Crippen molar-refractivity contribution < 1.29 is 22.6 Å². The summed E-state index contributed by atoms with van der Waals surface area (Å²) in [5.74, 6) is -0.00956. The van der Waals surface area contributed by atoms with Gasteiger partial charge in [0.25, 0.3) is 5.91 Å². The number of aromatic nitrogens is 1. The van der Waals surface area contributed by atoms with Crippen LogP contribution >= 0.6 is 0 Å². The van der Waals surface area contributed by atoms with Crippen LogP contribution in [0.5, 0.6) is 0 Å². The van der Waals surface area contributed by atoms with Gasteiger partial charge >= 0.3 is 0 Å². The van der Waals surface area contributed by atoms with Crippen LogP contribution in [0.25, 0.3) is 0 Å². The number of primary amides is 1. The number of amides is 1. The first kappa shape index (κ1) is 18.3. The summed E-state index contributed by atoms with van der Waals surface area (Å²) in [5, 5.41) is 3.75. The second kappa shape index (κ2) is 6.69. The first-order valence-corrected chi connectivity index (χ1v) is 10.3. The number of nitrogens with two attached hydrogens (primary N) is 1. The predicted octanol–water partition coefficient (Wildman–Crippen LogP) is -0.631. The number of carbonyl (C=O) groups is 1.